The standard InChI is InChI=1S/C15H23N3O/c1-11(19)12-6-8-18(9-7-12)10-13-4-2-3-5-14(13)15(16)17/h2-5,11-12,19H,6-10H2,1H3,(H3,16,17). The minimum absolute atomic E-state index is 0.134. The van der Waals surface area contributed by atoms with Crippen molar-refractivity contribution in [2.45, 2.75) is 32.4 Å². The average molecular weight is 261 g/mol. The highest BCUT2D eigenvalue weighted by Crippen LogP contribution is 2.22. The van der Waals surface area contributed by atoms with Gasteiger partial charge in [-0.05, 0) is 44.3 Å². The zero-order chi connectivity index (χ0) is 13.8. The highest BCUT2D eigenvalue weighted by Gasteiger charge is 2.23. The number of aliphatic hydroxyl groups excluding tert-OH is 1. The van der Waals surface area contributed by atoms with Gasteiger partial charge >= 0.3 is 0 Å². The number of aliphatic hydroxyl groups is 1. The number of rotatable bonds is 4. The van der Waals surface area contributed by atoms with Crippen molar-refractivity contribution >= 4 is 5.84 Å². The van der Waals surface area contributed by atoms with Gasteiger partial charge in [0.25, 0.3) is 0 Å². The molecule has 0 aliphatic carbocycles. The smallest absolute Gasteiger partial charge is 0.123 e. The van der Waals surface area contributed by atoms with Crippen molar-refractivity contribution in [3.63, 3.8) is 0 Å². The largest absolute Gasteiger partial charge is 0.393 e. The summed E-state index contributed by atoms with van der Waals surface area (Å²) in [6.45, 7) is 4.72. The third-order valence-electron chi connectivity index (χ3n) is 4.02. The quantitative estimate of drug-likeness (QED) is 0.569. The second-order valence-corrected chi connectivity index (χ2v) is 5.43. The molecule has 0 spiro atoms. The van der Waals surface area contributed by atoms with Crippen LogP contribution < -0.4 is 5.73 Å². The number of piperidine rings is 1. The molecule has 1 unspecified atom stereocenters. The lowest BCUT2D eigenvalue weighted by Gasteiger charge is -2.33. The molecule has 4 N–H and O–H groups in total. The second kappa shape index (κ2) is 6.17. The number of hydrogen-bond donors (Lipinski definition) is 3. The lowest BCUT2D eigenvalue weighted by Crippen LogP contribution is -2.37. The molecule has 1 saturated heterocycles. The Hall–Kier alpha value is -1.39. The van der Waals surface area contributed by atoms with Gasteiger partial charge in [0.05, 0.1) is 6.10 Å². The first-order valence-electron chi connectivity index (χ1n) is 6.90. The van der Waals surface area contributed by atoms with Crippen LogP contribution in [0, 0.1) is 11.3 Å². The number of amidine groups is 1. The number of hydrogen-bond acceptors (Lipinski definition) is 3. The number of likely N-dealkylation sites (tertiary alicyclic amines) is 1. The SMILES string of the molecule is CC(O)C1CCN(Cc2ccccc2C(=N)N)CC1. The van der Waals surface area contributed by atoms with Crippen LogP contribution in [-0.2, 0) is 6.54 Å². The van der Waals surface area contributed by atoms with E-state index in [1.165, 1.54) is 0 Å². The molecule has 1 atom stereocenters. The molecule has 1 aliphatic heterocycles. The number of benzene rings is 1. The third kappa shape index (κ3) is 3.55. The van der Waals surface area contributed by atoms with Crippen LogP contribution in [0.2, 0.25) is 0 Å². The van der Waals surface area contributed by atoms with Crippen LogP contribution in [0.3, 0.4) is 0 Å². The van der Waals surface area contributed by atoms with E-state index in [0.717, 1.165) is 43.6 Å². The van der Waals surface area contributed by atoms with Crippen LogP contribution in [0.1, 0.15) is 30.9 Å². The van der Waals surface area contributed by atoms with Gasteiger partial charge in [-0.1, -0.05) is 24.3 Å². The van der Waals surface area contributed by atoms with Crippen molar-refractivity contribution in [1.82, 2.24) is 4.90 Å². The molecular weight excluding hydrogens is 238 g/mol. The van der Waals surface area contributed by atoms with Crippen molar-refractivity contribution in [1.29, 1.82) is 5.41 Å². The van der Waals surface area contributed by atoms with Crippen LogP contribution in [0.5, 0.6) is 0 Å². The van der Waals surface area contributed by atoms with Gasteiger partial charge in [-0.2, -0.15) is 0 Å². The molecule has 0 bridgehead atoms. The molecule has 4 heteroatoms. The summed E-state index contributed by atoms with van der Waals surface area (Å²) in [7, 11) is 0. The summed E-state index contributed by atoms with van der Waals surface area (Å²) in [5.41, 5.74) is 7.56. The van der Waals surface area contributed by atoms with E-state index in [4.69, 9.17) is 11.1 Å². The zero-order valence-electron chi connectivity index (χ0n) is 11.5. The summed E-state index contributed by atoms with van der Waals surface area (Å²) in [5.74, 6) is 0.564. The molecule has 1 aromatic carbocycles. The summed E-state index contributed by atoms with van der Waals surface area (Å²) in [4.78, 5) is 2.38. The Morgan fingerprint density at radius 2 is 2.05 bits per heavy atom. The Morgan fingerprint density at radius 1 is 1.42 bits per heavy atom. The first-order chi connectivity index (χ1) is 9.08. The monoisotopic (exact) mass is 261 g/mol. The van der Waals surface area contributed by atoms with E-state index in [1.807, 2.05) is 31.2 Å². The van der Waals surface area contributed by atoms with Gasteiger partial charge in [0.1, 0.15) is 5.84 Å². The average Bonchev–Trinajstić information content (AvgIpc) is 2.39. The Labute approximate surface area is 114 Å². The fraction of sp³-hybridized carbons (Fsp3) is 0.533. The summed E-state index contributed by atoms with van der Waals surface area (Å²) in [6.07, 6.45) is 1.88. The van der Waals surface area contributed by atoms with E-state index >= 15 is 0 Å². The van der Waals surface area contributed by atoms with Gasteiger partial charge < -0.3 is 10.8 Å². The summed E-state index contributed by atoms with van der Waals surface area (Å²) >= 11 is 0. The maximum absolute atomic E-state index is 9.61. The first-order valence-corrected chi connectivity index (χ1v) is 6.90. The zero-order valence-corrected chi connectivity index (χ0v) is 11.5. The Kier molecular flexibility index (Phi) is 4.56. The van der Waals surface area contributed by atoms with Gasteiger partial charge in [-0.3, -0.25) is 10.3 Å². The molecule has 4 nitrogen and oxygen atoms in total. The highest BCUT2D eigenvalue weighted by molar-refractivity contribution is 5.96. The minimum atomic E-state index is -0.202. The van der Waals surface area contributed by atoms with Gasteiger partial charge in [-0.25, -0.2) is 0 Å². The molecule has 0 radical (unpaired) electrons. The minimum Gasteiger partial charge on any atom is -0.393 e. The third-order valence-corrected chi connectivity index (χ3v) is 4.02. The summed E-state index contributed by atoms with van der Waals surface area (Å²) < 4.78 is 0. The summed E-state index contributed by atoms with van der Waals surface area (Å²) in [6, 6.07) is 7.85. The number of nitrogens with zero attached hydrogens (tertiary/aromatic N) is 1. The molecule has 0 amide bonds. The number of nitrogens with two attached hydrogens (primary N) is 1. The fourth-order valence-corrected chi connectivity index (χ4v) is 2.76. The van der Waals surface area contributed by atoms with Crippen LogP contribution in [-0.4, -0.2) is 35.0 Å². The molecule has 1 aliphatic rings. The summed E-state index contributed by atoms with van der Waals surface area (Å²) in [5, 5.41) is 17.2. The molecule has 1 fully saturated rings. The molecule has 1 aromatic rings. The van der Waals surface area contributed by atoms with E-state index in [-0.39, 0.29) is 11.9 Å². The molecule has 0 aromatic heterocycles. The topological polar surface area (TPSA) is 73.3 Å². The highest BCUT2D eigenvalue weighted by atomic mass is 16.3. The van der Waals surface area contributed by atoms with Crippen molar-refractivity contribution in [2.75, 3.05) is 13.1 Å². The normalized spacial score (nSPS) is 19.3. The molecule has 19 heavy (non-hydrogen) atoms. The Bertz CT molecular complexity index is 437. The molecular formula is C15H23N3O. The Morgan fingerprint density at radius 3 is 2.63 bits per heavy atom. The van der Waals surface area contributed by atoms with Gasteiger partial charge in [0.2, 0.25) is 0 Å². The number of nitrogens with one attached hydrogen (secondary N) is 1. The van der Waals surface area contributed by atoms with Crippen molar-refractivity contribution in [3.8, 4) is 0 Å². The van der Waals surface area contributed by atoms with E-state index in [9.17, 15) is 5.11 Å². The maximum atomic E-state index is 9.61. The van der Waals surface area contributed by atoms with Crippen molar-refractivity contribution < 1.29 is 5.11 Å². The molecule has 1 heterocycles. The van der Waals surface area contributed by atoms with E-state index < -0.39 is 0 Å². The van der Waals surface area contributed by atoms with E-state index in [1.54, 1.807) is 0 Å². The predicted octanol–water partition coefficient (Wildman–Crippen LogP) is 1.56. The molecule has 2 rings (SSSR count). The lowest BCUT2D eigenvalue weighted by molar-refractivity contribution is 0.0695. The predicted molar refractivity (Wildman–Crippen MR) is 77.1 cm³/mol. The number of nitrogen functional groups attached to an aromatic ring is 1. The van der Waals surface area contributed by atoms with Crippen LogP contribution >= 0.6 is 0 Å². The van der Waals surface area contributed by atoms with Gasteiger partial charge in [0, 0.05) is 12.1 Å². The van der Waals surface area contributed by atoms with Crippen LogP contribution in [0.15, 0.2) is 24.3 Å². The van der Waals surface area contributed by atoms with E-state index in [0.29, 0.717) is 5.92 Å². The lowest BCUT2D eigenvalue weighted by atomic mass is 9.92. The van der Waals surface area contributed by atoms with Crippen LogP contribution in [0.4, 0.5) is 0 Å². The first kappa shape index (κ1) is 14.0. The van der Waals surface area contributed by atoms with Gasteiger partial charge in [0.15, 0.2) is 0 Å². The van der Waals surface area contributed by atoms with Gasteiger partial charge in [-0.15, -0.1) is 0 Å². The van der Waals surface area contributed by atoms with E-state index in [2.05, 4.69) is 4.90 Å². The maximum Gasteiger partial charge on any atom is 0.123 e. The van der Waals surface area contributed by atoms with Crippen molar-refractivity contribution in [2.24, 2.45) is 11.7 Å². The van der Waals surface area contributed by atoms with Crippen LogP contribution in [0.25, 0.3) is 0 Å². The molecule has 0 saturated carbocycles. The Balaban J connectivity index is 1.98. The van der Waals surface area contributed by atoms with Crippen molar-refractivity contribution in [3.05, 3.63) is 35.4 Å². The fourth-order valence-electron chi connectivity index (χ4n) is 2.76. The molecule has 104 valence electrons. The second-order valence-electron chi connectivity index (χ2n) is 5.43.